The molecule has 0 aliphatic carbocycles. The van der Waals surface area contributed by atoms with E-state index in [1.54, 1.807) is 0 Å². The van der Waals surface area contributed by atoms with Gasteiger partial charge in [-0.25, -0.2) is 0 Å². The van der Waals surface area contributed by atoms with E-state index in [-0.39, 0.29) is 17.9 Å². The van der Waals surface area contributed by atoms with Crippen LogP contribution in [0.25, 0.3) is 0 Å². The molecule has 0 radical (unpaired) electrons. The van der Waals surface area contributed by atoms with E-state index in [0.717, 1.165) is 37.2 Å². The summed E-state index contributed by atoms with van der Waals surface area (Å²) in [5.41, 5.74) is 1.99. The zero-order valence-corrected chi connectivity index (χ0v) is 12.8. The van der Waals surface area contributed by atoms with Crippen molar-refractivity contribution in [3.8, 4) is 0 Å². The van der Waals surface area contributed by atoms with Crippen LogP contribution in [0.15, 0.2) is 6.07 Å². The van der Waals surface area contributed by atoms with Crippen LogP contribution in [0.5, 0.6) is 0 Å². The molecule has 1 aliphatic heterocycles. The number of rotatable bonds is 7. The lowest BCUT2D eigenvalue weighted by Gasteiger charge is -2.16. The quantitative estimate of drug-likeness (QED) is 0.792. The second-order valence-corrected chi connectivity index (χ2v) is 5.80. The van der Waals surface area contributed by atoms with Crippen LogP contribution in [-0.4, -0.2) is 46.0 Å². The van der Waals surface area contributed by atoms with Crippen molar-refractivity contribution < 1.29 is 9.59 Å². The van der Waals surface area contributed by atoms with Gasteiger partial charge in [0, 0.05) is 44.1 Å². The minimum Gasteiger partial charge on any atom is -0.353 e. The van der Waals surface area contributed by atoms with Crippen molar-refractivity contribution in [3.63, 3.8) is 0 Å². The number of aromatic nitrogens is 2. The number of aromatic amines is 1. The number of nitrogens with zero attached hydrogens (tertiary/aromatic N) is 2. The fraction of sp³-hybridized carbons (Fsp3) is 0.667. The largest absolute Gasteiger partial charge is 0.353 e. The molecule has 1 aromatic heterocycles. The Morgan fingerprint density at radius 2 is 2.38 bits per heavy atom. The molecular formula is C15H24N4O2. The third-order valence-electron chi connectivity index (χ3n) is 3.68. The van der Waals surface area contributed by atoms with Gasteiger partial charge in [-0.2, -0.15) is 5.10 Å². The summed E-state index contributed by atoms with van der Waals surface area (Å²) in [6.07, 6.45) is 3.53. The molecule has 21 heavy (non-hydrogen) atoms. The van der Waals surface area contributed by atoms with Gasteiger partial charge in [0.2, 0.25) is 11.8 Å². The molecule has 0 unspecified atom stereocenters. The maximum Gasteiger partial charge on any atom is 0.222 e. The Labute approximate surface area is 125 Å². The van der Waals surface area contributed by atoms with Crippen molar-refractivity contribution in [3.05, 3.63) is 17.5 Å². The first-order valence-corrected chi connectivity index (χ1v) is 7.62. The Balaban J connectivity index is 1.63. The first-order valence-electron chi connectivity index (χ1n) is 7.62. The molecule has 1 fully saturated rings. The van der Waals surface area contributed by atoms with Crippen LogP contribution in [-0.2, 0) is 16.0 Å². The van der Waals surface area contributed by atoms with Crippen molar-refractivity contribution in [1.29, 1.82) is 0 Å². The van der Waals surface area contributed by atoms with Gasteiger partial charge in [-0.05, 0) is 32.8 Å². The van der Waals surface area contributed by atoms with Gasteiger partial charge in [-0.1, -0.05) is 0 Å². The molecular weight excluding hydrogens is 268 g/mol. The molecule has 2 heterocycles. The van der Waals surface area contributed by atoms with Gasteiger partial charge >= 0.3 is 0 Å². The summed E-state index contributed by atoms with van der Waals surface area (Å²) in [5.74, 6) is 0.263. The van der Waals surface area contributed by atoms with Crippen LogP contribution in [0.2, 0.25) is 0 Å². The summed E-state index contributed by atoms with van der Waals surface area (Å²) >= 11 is 0. The third-order valence-corrected chi connectivity index (χ3v) is 3.68. The van der Waals surface area contributed by atoms with E-state index in [4.69, 9.17) is 0 Å². The van der Waals surface area contributed by atoms with Crippen LogP contribution in [0.4, 0.5) is 0 Å². The predicted molar refractivity (Wildman–Crippen MR) is 79.7 cm³/mol. The SMILES string of the molecule is Cc1cc(C[C@H](C)NC(=O)CCCN2CCCC2=O)n[nH]1. The molecule has 6 heteroatoms. The van der Waals surface area contributed by atoms with Gasteiger partial charge in [0.15, 0.2) is 0 Å². The first kappa shape index (κ1) is 15.5. The smallest absolute Gasteiger partial charge is 0.222 e. The van der Waals surface area contributed by atoms with Gasteiger partial charge in [0.25, 0.3) is 0 Å². The topological polar surface area (TPSA) is 78.1 Å². The summed E-state index contributed by atoms with van der Waals surface area (Å²) in [4.78, 5) is 25.2. The van der Waals surface area contributed by atoms with E-state index in [1.807, 2.05) is 24.8 Å². The third kappa shape index (κ3) is 4.88. The number of H-pyrrole nitrogens is 1. The molecule has 1 aliphatic rings. The molecule has 0 saturated carbocycles. The second kappa shape index (κ2) is 7.24. The van der Waals surface area contributed by atoms with Gasteiger partial charge in [-0.3, -0.25) is 14.7 Å². The molecule has 0 bridgehead atoms. The minimum atomic E-state index is 0.0430. The highest BCUT2D eigenvalue weighted by molar-refractivity contribution is 5.78. The van der Waals surface area contributed by atoms with E-state index in [2.05, 4.69) is 15.5 Å². The van der Waals surface area contributed by atoms with Crippen LogP contribution >= 0.6 is 0 Å². The van der Waals surface area contributed by atoms with Gasteiger partial charge in [-0.15, -0.1) is 0 Å². The molecule has 2 N–H and O–H groups in total. The molecule has 1 atom stereocenters. The number of amides is 2. The first-order chi connectivity index (χ1) is 10.0. The highest BCUT2D eigenvalue weighted by atomic mass is 16.2. The fourth-order valence-corrected chi connectivity index (χ4v) is 2.66. The number of hydrogen-bond donors (Lipinski definition) is 2. The normalized spacial score (nSPS) is 16.3. The predicted octanol–water partition coefficient (Wildman–Crippen LogP) is 1.17. The number of aryl methyl sites for hydroxylation is 1. The van der Waals surface area contributed by atoms with Gasteiger partial charge < -0.3 is 10.2 Å². The zero-order valence-electron chi connectivity index (χ0n) is 12.8. The Morgan fingerprint density at radius 1 is 1.57 bits per heavy atom. The Hall–Kier alpha value is -1.85. The number of carbonyl (C=O) groups is 2. The highest BCUT2D eigenvalue weighted by Gasteiger charge is 2.19. The van der Waals surface area contributed by atoms with Crippen molar-refractivity contribution >= 4 is 11.8 Å². The van der Waals surface area contributed by atoms with E-state index < -0.39 is 0 Å². The minimum absolute atomic E-state index is 0.0430. The molecule has 0 spiro atoms. The summed E-state index contributed by atoms with van der Waals surface area (Å²) in [6.45, 7) is 5.47. The molecule has 0 aromatic carbocycles. The van der Waals surface area contributed by atoms with Crippen molar-refractivity contribution in [2.45, 2.75) is 52.0 Å². The van der Waals surface area contributed by atoms with Crippen molar-refractivity contribution in [1.82, 2.24) is 20.4 Å². The number of nitrogens with one attached hydrogen (secondary N) is 2. The lowest BCUT2D eigenvalue weighted by molar-refractivity contribution is -0.128. The summed E-state index contributed by atoms with van der Waals surface area (Å²) in [6, 6.07) is 2.05. The Kier molecular flexibility index (Phi) is 5.36. The Morgan fingerprint density at radius 3 is 3.00 bits per heavy atom. The summed E-state index contributed by atoms with van der Waals surface area (Å²) in [7, 11) is 0. The molecule has 1 aromatic rings. The lowest BCUT2D eigenvalue weighted by atomic mass is 10.1. The number of hydrogen-bond acceptors (Lipinski definition) is 3. The standard InChI is InChI=1S/C15H24N4O2/c1-11(9-13-10-12(2)17-18-13)16-14(20)5-3-7-19-8-4-6-15(19)21/h10-11H,3-9H2,1-2H3,(H,16,20)(H,17,18)/t11-/m0/s1. The maximum atomic E-state index is 11.9. The second-order valence-electron chi connectivity index (χ2n) is 5.80. The fourth-order valence-electron chi connectivity index (χ4n) is 2.66. The van der Waals surface area contributed by atoms with Crippen LogP contribution in [0.1, 0.15) is 44.0 Å². The van der Waals surface area contributed by atoms with Crippen molar-refractivity contribution in [2.24, 2.45) is 0 Å². The zero-order chi connectivity index (χ0) is 15.2. The van der Waals surface area contributed by atoms with E-state index in [9.17, 15) is 9.59 Å². The molecule has 2 rings (SSSR count). The monoisotopic (exact) mass is 292 g/mol. The summed E-state index contributed by atoms with van der Waals surface area (Å²) in [5, 5.41) is 10.0. The molecule has 116 valence electrons. The van der Waals surface area contributed by atoms with E-state index >= 15 is 0 Å². The van der Waals surface area contributed by atoms with Gasteiger partial charge in [0.1, 0.15) is 0 Å². The van der Waals surface area contributed by atoms with E-state index in [0.29, 0.717) is 19.4 Å². The summed E-state index contributed by atoms with van der Waals surface area (Å²) < 4.78 is 0. The average Bonchev–Trinajstić information content (AvgIpc) is 2.99. The number of carbonyl (C=O) groups excluding carboxylic acids is 2. The maximum absolute atomic E-state index is 11.9. The highest BCUT2D eigenvalue weighted by Crippen LogP contribution is 2.10. The lowest BCUT2D eigenvalue weighted by Crippen LogP contribution is -2.35. The molecule has 6 nitrogen and oxygen atoms in total. The molecule has 2 amide bonds. The van der Waals surface area contributed by atoms with Crippen molar-refractivity contribution in [2.75, 3.05) is 13.1 Å². The number of likely N-dealkylation sites (tertiary alicyclic amines) is 1. The van der Waals surface area contributed by atoms with Crippen LogP contribution < -0.4 is 5.32 Å². The van der Waals surface area contributed by atoms with Crippen LogP contribution in [0, 0.1) is 6.92 Å². The Bertz CT molecular complexity index is 498. The van der Waals surface area contributed by atoms with E-state index in [1.165, 1.54) is 0 Å². The molecule has 1 saturated heterocycles. The average molecular weight is 292 g/mol. The van der Waals surface area contributed by atoms with Gasteiger partial charge in [0.05, 0.1) is 5.69 Å². The van der Waals surface area contributed by atoms with Crippen LogP contribution in [0.3, 0.4) is 0 Å².